The Bertz CT molecular complexity index is 331. The molecule has 25 heavy (non-hydrogen) atoms. The number of unbranched alkanes of at least 4 members (excludes halogenated alkanes) is 2. The van der Waals surface area contributed by atoms with E-state index in [0.29, 0.717) is 0 Å². The number of likely N-dealkylation sites (tertiary alicyclic amines) is 1. The Morgan fingerprint density at radius 1 is 1.08 bits per heavy atom. The number of nitrogens with one attached hydrogen (secondary N) is 2. The Labute approximate surface area is 177 Å². The molecule has 6 heteroatoms. The first-order chi connectivity index (χ1) is 11.7. The van der Waals surface area contributed by atoms with Gasteiger partial charge in [-0.3, -0.25) is 4.99 Å². The molecule has 1 heterocycles. The fourth-order valence-corrected chi connectivity index (χ4v) is 4.03. The van der Waals surface area contributed by atoms with E-state index in [2.05, 4.69) is 42.6 Å². The first-order valence-electron chi connectivity index (χ1n) is 9.89. The molecule has 1 rings (SSSR count). The molecule has 0 spiro atoms. The van der Waals surface area contributed by atoms with Crippen molar-refractivity contribution >= 4 is 41.7 Å². The predicted octanol–water partition coefficient (Wildman–Crippen LogP) is 4.06. The van der Waals surface area contributed by atoms with Crippen LogP contribution in [0.4, 0.5) is 0 Å². The van der Waals surface area contributed by atoms with Gasteiger partial charge < -0.3 is 15.5 Å². The van der Waals surface area contributed by atoms with Gasteiger partial charge in [-0.1, -0.05) is 13.8 Å². The smallest absolute Gasteiger partial charge is 0.191 e. The molecule has 1 aliphatic heterocycles. The van der Waals surface area contributed by atoms with Crippen LogP contribution in [0.3, 0.4) is 0 Å². The van der Waals surface area contributed by atoms with Crippen LogP contribution in [-0.2, 0) is 0 Å². The Kier molecular flexibility index (Phi) is 16.7. The lowest BCUT2D eigenvalue weighted by molar-refractivity contribution is 0.139. The standard InChI is InChI=1S/C19H40N4S.HI/c1-5-20-19(22-11-7-9-13-24-4)21-10-6-8-12-23-15-17(2)14-18(3)16-23;/h17-18H,5-16H2,1-4H3,(H2,20,21,22);1H. The Morgan fingerprint density at radius 2 is 1.80 bits per heavy atom. The van der Waals surface area contributed by atoms with Crippen molar-refractivity contribution in [1.82, 2.24) is 15.5 Å². The SMILES string of the molecule is CCNC(=NCCCCN1CC(C)CC(C)C1)NCCCCSC.I. The average Bonchev–Trinajstić information content (AvgIpc) is 2.53. The lowest BCUT2D eigenvalue weighted by Gasteiger charge is -2.34. The lowest BCUT2D eigenvalue weighted by atomic mass is 9.92. The minimum atomic E-state index is 0. The molecule has 0 aromatic rings. The number of halogens is 1. The molecule has 150 valence electrons. The fraction of sp³-hybridized carbons (Fsp3) is 0.947. The van der Waals surface area contributed by atoms with Crippen LogP contribution in [0.15, 0.2) is 4.99 Å². The maximum atomic E-state index is 4.71. The molecule has 0 radical (unpaired) electrons. The molecule has 2 unspecified atom stereocenters. The van der Waals surface area contributed by atoms with Gasteiger partial charge in [0, 0.05) is 32.7 Å². The van der Waals surface area contributed by atoms with Gasteiger partial charge in [0.15, 0.2) is 5.96 Å². The summed E-state index contributed by atoms with van der Waals surface area (Å²) in [5.74, 6) is 3.97. The van der Waals surface area contributed by atoms with E-state index < -0.39 is 0 Å². The van der Waals surface area contributed by atoms with Gasteiger partial charge >= 0.3 is 0 Å². The minimum Gasteiger partial charge on any atom is -0.357 e. The van der Waals surface area contributed by atoms with Gasteiger partial charge in [0.2, 0.25) is 0 Å². The topological polar surface area (TPSA) is 39.7 Å². The number of aliphatic imine (C=N–C) groups is 1. The van der Waals surface area contributed by atoms with Crippen LogP contribution in [0, 0.1) is 11.8 Å². The zero-order valence-electron chi connectivity index (χ0n) is 16.9. The van der Waals surface area contributed by atoms with Crippen LogP contribution in [0.5, 0.6) is 0 Å². The third kappa shape index (κ3) is 13.2. The number of piperidine rings is 1. The van der Waals surface area contributed by atoms with Crippen LogP contribution >= 0.6 is 35.7 Å². The first-order valence-corrected chi connectivity index (χ1v) is 11.3. The molecular weight excluding hydrogens is 443 g/mol. The predicted molar refractivity (Wildman–Crippen MR) is 126 cm³/mol. The number of nitrogens with zero attached hydrogens (tertiary/aromatic N) is 2. The molecule has 0 aromatic carbocycles. The highest BCUT2D eigenvalue weighted by molar-refractivity contribution is 14.0. The van der Waals surface area contributed by atoms with Crippen molar-refractivity contribution in [2.45, 2.75) is 52.9 Å². The van der Waals surface area contributed by atoms with Gasteiger partial charge in [-0.2, -0.15) is 11.8 Å². The van der Waals surface area contributed by atoms with Crippen molar-refractivity contribution in [3.63, 3.8) is 0 Å². The third-order valence-corrected chi connectivity index (χ3v) is 5.21. The van der Waals surface area contributed by atoms with E-state index in [-0.39, 0.29) is 24.0 Å². The monoisotopic (exact) mass is 484 g/mol. The van der Waals surface area contributed by atoms with E-state index in [9.17, 15) is 0 Å². The van der Waals surface area contributed by atoms with Gasteiger partial charge in [0.25, 0.3) is 0 Å². The Balaban J connectivity index is 0.00000576. The highest BCUT2D eigenvalue weighted by Gasteiger charge is 2.20. The summed E-state index contributed by atoms with van der Waals surface area (Å²) in [5, 5.41) is 6.80. The van der Waals surface area contributed by atoms with Gasteiger partial charge in [-0.15, -0.1) is 24.0 Å². The second kappa shape index (κ2) is 16.5. The number of thioether (sulfide) groups is 1. The zero-order chi connectivity index (χ0) is 17.6. The summed E-state index contributed by atoms with van der Waals surface area (Å²) in [4.78, 5) is 7.37. The number of hydrogen-bond acceptors (Lipinski definition) is 3. The Hall–Kier alpha value is 0.310. The summed E-state index contributed by atoms with van der Waals surface area (Å²) in [6, 6.07) is 0. The molecule has 1 saturated heterocycles. The van der Waals surface area contributed by atoms with E-state index in [4.69, 9.17) is 4.99 Å². The molecule has 0 saturated carbocycles. The van der Waals surface area contributed by atoms with E-state index in [1.807, 2.05) is 11.8 Å². The van der Waals surface area contributed by atoms with Crippen LogP contribution < -0.4 is 10.6 Å². The fourth-order valence-electron chi connectivity index (χ4n) is 3.53. The number of rotatable bonds is 11. The number of hydrogen-bond donors (Lipinski definition) is 2. The number of guanidine groups is 1. The molecule has 4 nitrogen and oxygen atoms in total. The molecule has 0 amide bonds. The van der Waals surface area contributed by atoms with Crippen LogP contribution in [0.25, 0.3) is 0 Å². The lowest BCUT2D eigenvalue weighted by Crippen LogP contribution is -2.39. The average molecular weight is 485 g/mol. The molecule has 2 atom stereocenters. The van der Waals surface area contributed by atoms with Crippen molar-refractivity contribution in [2.75, 3.05) is 51.3 Å². The van der Waals surface area contributed by atoms with Crippen molar-refractivity contribution in [2.24, 2.45) is 16.8 Å². The van der Waals surface area contributed by atoms with Crippen molar-refractivity contribution in [3.8, 4) is 0 Å². The zero-order valence-corrected chi connectivity index (χ0v) is 20.0. The Morgan fingerprint density at radius 3 is 2.44 bits per heavy atom. The molecule has 0 aliphatic carbocycles. The molecule has 2 N–H and O–H groups in total. The van der Waals surface area contributed by atoms with Crippen molar-refractivity contribution < 1.29 is 0 Å². The van der Waals surface area contributed by atoms with Gasteiger partial charge in [-0.25, -0.2) is 0 Å². The van der Waals surface area contributed by atoms with Crippen LogP contribution in [-0.4, -0.2) is 62.1 Å². The largest absolute Gasteiger partial charge is 0.357 e. The van der Waals surface area contributed by atoms with Gasteiger partial charge in [0.05, 0.1) is 0 Å². The quantitative estimate of drug-likeness (QED) is 0.201. The molecule has 0 bridgehead atoms. The third-order valence-electron chi connectivity index (χ3n) is 4.51. The van der Waals surface area contributed by atoms with Crippen LogP contribution in [0.2, 0.25) is 0 Å². The van der Waals surface area contributed by atoms with Crippen molar-refractivity contribution in [3.05, 3.63) is 0 Å². The second-order valence-electron chi connectivity index (χ2n) is 7.30. The highest BCUT2D eigenvalue weighted by Crippen LogP contribution is 2.20. The second-order valence-corrected chi connectivity index (χ2v) is 8.29. The molecular formula is C19H41IN4S. The molecule has 1 aliphatic rings. The first kappa shape index (κ1) is 25.3. The van der Waals surface area contributed by atoms with E-state index in [0.717, 1.165) is 37.4 Å². The van der Waals surface area contributed by atoms with Gasteiger partial charge in [0.1, 0.15) is 0 Å². The van der Waals surface area contributed by atoms with Crippen LogP contribution in [0.1, 0.15) is 52.9 Å². The summed E-state index contributed by atoms with van der Waals surface area (Å²) in [7, 11) is 0. The van der Waals surface area contributed by atoms with E-state index >= 15 is 0 Å². The van der Waals surface area contributed by atoms with Gasteiger partial charge in [-0.05, 0) is 69.4 Å². The van der Waals surface area contributed by atoms with E-state index in [1.54, 1.807) is 0 Å². The maximum absolute atomic E-state index is 4.71. The normalized spacial score (nSPS) is 21.7. The molecule has 0 aromatic heterocycles. The highest BCUT2D eigenvalue weighted by atomic mass is 127. The summed E-state index contributed by atoms with van der Waals surface area (Å²) in [6.07, 6.45) is 8.51. The summed E-state index contributed by atoms with van der Waals surface area (Å²) >= 11 is 1.92. The minimum absolute atomic E-state index is 0. The molecule has 1 fully saturated rings. The summed E-state index contributed by atoms with van der Waals surface area (Å²) in [6.45, 7) is 13.6. The summed E-state index contributed by atoms with van der Waals surface area (Å²) < 4.78 is 0. The maximum Gasteiger partial charge on any atom is 0.191 e. The van der Waals surface area contributed by atoms with Crippen molar-refractivity contribution in [1.29, 1.82) is 0 Å². The van der Waals surface area contributed by atoms with E-state index in [1.165, 1.54) is 57.5 Å². The summed E-state index contributed by atoms with van der Waals surface area (Å²) in [5.41, 5.74) is 0.